The summed E-state index contributed by atoms with van der Waals surface area (Å²) in [5.74, 6) is -0.837. The van der Waals surface area contributed by atoms with Crippen molar-refractivity contribution >= 4 is 41.3 Å². The second-order valence-electron chi connectivity index (χ2n) is 7.24. The van der Waals surface area contributed by atoms with Crippen molar-refractivity contribution in [2.24, 2.45) is 0 Å². The summed E-state index contributed by atoms with van der Waals surface area (Å²) in [6.45, 7) is 0. The molecular formula is C30H27BrMgO6. The summed E-state index contributed by atoms with van der Waals surface area (Å²) < 4.78 is 9.14. The van der Waals surface area contributed by atoms with E-state index in [0.29, 0.717) is 28.5 Å². The van der Waals surface area contributed by atoms with E-state index in [1.165, 1.54) is 20.3 Å². The number of rotatable bonds is 5. The van der Waals surface area contributed by atoms with Crippen LogP contribution in [0.3, 0.4) is 0 Å². The van der Waals surface area contributed by atoms with E-state index in [-0.39, 0.29) is 40.0 Å². The Balaban J connectivity index is 0.000000592. The minimum Gasteiger partial charge on any atom is -1.00 e. The van der Waals surface area contributed by atoms with Gasteiger partial charge in [-0.05, 0) is 35.4 Å². The van der Waals surface area contributed by atoms with Crippen LogP contribution in [-0.4, -0.2) is 60.6 Å². The second kappa shape index (κ2) is 19.8. The van der Waals surface area contributed by atoms with Gasteiger partial charge >= 0.3 is 35.0 Å². The first kappa shape index (κ1) is 34.7. The van der Waals surface area contributed by atoms with Gasteiger partial charge in [0.15, 0.2) is 0 Å². The molecule has 0 fully saturated rings. The molecule has 1 N–H and O–H groups in total. The predicted octanol–water partition coefficient (Wildman–Crippen LogP) is 1.95. The molecule has 0 aliphatic carbocycles. The Labute approximate surface area is 249 Å². The van der Waals surface area contributed by atoms with E-state index in [1.54, 1.807) is 42.5 Å². The fourth-order valence-corrected chi connectivity index (χ4v) is 2.98. The summed E-state index contributed by atoms with van der Waals surface area (Å²) in [6, 6.07) is 35.0. The van der Waals surface area contributed by atoms with Crippen molar-refractivity contribution in [3.63, 3.8) is 0 Å². The number of halogens is 1. The summed E-state index contributed by atoms with van der Waals surface area (Å²) in [7, 11) is 2.64. The zero-order valence-corrected chi connectivity index (χ0v) is 24.1. The third-order valence-electron chi connectivity index (χ3n) is 4.79. The first-order valence-corrected chi connectivity index (χ1v) is 11.0. The molecule has 1 atom stereocenters. The molecule has 0 bridgehead atoms. The van der Waals surface area contributed by atoms with Crippen LogP contribution in [0.4, 0.5) is 0 Å². The Morgan fingerprint density at radius 3 is 1.71 bits per heavy atom. The Morgan fingerprint density at radius 2 is 1.24 bits per heavy atom. The average Bonchev–Trinajstić information content (AvgIpc) is 2.98. The van der Waals surface area contributed by atoms with Crippen LogP contribution < -0.4 is 17.0 Å². The fraction of sp³-hybridized carbons (Fsp3) is 0.100. The maximum atomic E-state index is 11.4. The van der Waals surface area contributed by atoms with Crippen molar-refractivity contribution in [2.45, 2.75) is 6.10 Å². The first-order chi connectivity index (χ1) is 17.5. The third-order valence-corrected chi connectivity index (χ3v) is 4.79. The molecule has 4 aromatic rings. The molecule has 0 aliphatic rings. The molecule has 192 valence electrons. The SMILES string of the molecule is COC(=O)c1cccc(C(O)c2ccccc2)c1.COC(=O)c1cccc(C=O)c1.[Br-].[Mg+2].[c-]1ccccc1. The quantitative estimate of drug-likeness (QED) is 0.166. The molecule has 0 spiro atoms. The normalized spacial score (nSPS) is 9.76. The smallest absolute Gasteiger partial charge is 1.00 e. The van der Waals surface area contributed by atoms with E-state index < -0.39 is 18.0 Å². The molecule has 0 saturated carbocycles. The first-order valence-electron chi connectivity index (χ1n) is 11.0. The number of esters is 2. The molecule has 38 heavy (non-hydrogen) atoms. The molecule has 4 rings (SSSR count). The van der Waals surface area contributed by atoms with E-state index >= 15 is 0 Å². The number of carbonyl (C=O) groups excluding carboxylic acids is 3. The number of aliphatic hydroxyl groups excluding tert-OH is 1. The number of methoxy groups -OCH3 is 2. The maximum absolute atomic E-state index is 11.4. The van der Waals surface area contributed by atoms with Crippen LogP contribution in [0.2, 0.25) is 0 Å². The van der Waals surface area contributed by atoms with E-state index in [4.69, 9.17) is 0 Å². The summed E-state index contributed by atoms with van der Waals surface area (Å²) >= 11 is 0. The molecule has 0 amide bonds. The van der Waals surface area contributed by atoms with E-state index in [9.17, 15) is 19.5 Å². The molecule has 0 aliphatic heterocycles. The minimum absolute atomic E-state index is 0. The Bertz CT molecular complexity index is 1210. The van der Waals surface area contributed by atoms with E-state index in [1.807, 2.05) is 60.7 Å². The number of hydrogen-bond donors (Lipinski definition) is 1. The Kier molecular flexibility index (Phi) is 18.0. The third kappa shape index (κ3) is 11.8. The molecular weight excluding hydrogens is 561 g/mol. The van der Waals surface area contributed by atoms with E-state index in [0.717, 1.165) is 5.56 Å². The predicted molar refractivity (Wildman–Crippen MR) is 142 cm³/mol. The van der Waals surface area contributed by atoms with E-state index in [2.05, 4.69) is 15.5 Å². The molecule has 0 radical (unpaired) electrons. The average molecular weight is 588 g/mol. The van der Waals surface area contributed by atoms with Crippen LogP contribution in [0.25, 0.3) is 0 Å². The van der Waals surface area contributed by atoms with Crippen LogP contribution in [0.5, 0.6) is 0 Å². The van der Waals surface area contributed by atoms with Crippen molar-refractivity contribution in [1.82, 2.24) is 0 Å². The molecule has 8 heteroatoms. The van der Waals surface area contributed by atoms with Gasteiger partial charge in [0.2, 0.25) is 0 Å². The summed E-state index contributed by atoms with van der Waals surface area (Å²) in [6.07, 6.45) is -0.0530. The zero-order valence-electron chi connectivity index (χ0n) is 21.1. The van der Waals surface area contributed by atoms with Gasteiger partial charge in [-0.15, -0.1) is 0 Å². The number of benzene rings is 4. The van der Waals surface area contributed by atoms with Crippen molar-refractivity contribution in [1.29, 1.82) is 0 Å². The molecule has 0 heterocycles. The van der Waals surface area contributed by atoms with Gasteiger partial charge in [0.25, 0.3) is 0 Å². The molecule has 0 saturated heterocycles. The van der Waals surface area contributed by atoms with Gasteiger partial charge in [-0.3, -0.25) is 4.79 Å². The molecule has 0 aromatic heterocycles. The van der Waals surface area contributed by atoms with Gasteiger partial charge in [0.1, 0.15) is 12.4 Å². The van der Waals surface area contributed by atoms with Crippen LogP contribution >= 0.6 is 0 Å². The molecule has 4 aromatic carbocycles. The van der Waals surface area contributed by atoms with Gasteiger partial charge in [-0.1, -0.05) is 54.6 Å². The van der Waals surface area contributed by atoms with Crippen LogP contribution in [0.15, 0.2) is 109 Å². The second-order valence-corrected chi connectivity index (χ2v) is 7.24. The molecule has 1 unspecified atom stereocenters. The topological polar surface area (TPSA) is 89.9 Å². The van der Waals surface area contributed by atoms with Crippen LogP contribution in [-0.2, 0) is 9.47 Å². The van der Waals surface area contributed by atoms with Gasteiger partial charge in [0, 0.05) is 5.56 Å². The van der Waals surface area contributed by atoms with Crippen LogP contribution in [0.1, 0.15) is 48.3 Å². The fourth-order valence-electron chi connectivity index (χ4n) is 2.98. The van der Waals surface area contributed by atoms with Crippen molar-refractivity contribution in [2.75, 3.05) is 14.2 Å². The van der Waals surface area contributed by atoms with Crippen molar-refractivity contribution in [3.05, 3.63) is 143 Å². The summed E-state index contributed by atoms with van der Waals surface area (Å²) in [4.78, 5) is 32.7. The number of aliphatic hydroxyl groups is 1. The number of hydrogen-bond acceptors (Lipinski definition) is 6. The number of carbonyl (C=O) groups is 3. The minimum atomic E-state index is -0.740. The number of ether oxygens (including phenoxy) is 2. The van der Waals surface area contributed by atoms with Gasteiger partial charge in [-0.25, -0.2) is 9.59 Å². The number of aldehydes is 1. The largest absolute Gasteiger partial charge is 2.00 e. The summed E-state index contributed by atoms with van der Waals surface area (Å²) in [5.41, 5.74) is 2.76. The zero-order chi connectivity index (χ0) is 26.2. The van der Waals surface area contributed by atoms with Gasteiger partial charge in [-0.2, -0.15) is 36.4 Å². The van der Waals surface area contributed by atoms with Gasteiger partial charge < -0.3 is 31.6 Å². The standard InChI is InChI=1S/C15H14O3.C9H8O3.C6H5.BrH.Mg/c1-18-15(17)13-9-5-8-12(10-13)14(16)11-6-3-2-4-7-11;1-12-9(11)8-4-2-3-7(5-8)6-10;1-2-4-6-5-3-1;;/h2-10,14,16H,1H3;2-6H,1H3;1-5H;1H;/q;;-1;;+2/p-1. The Hall–Kier alpha value is -3.30. The van der Waals surface area contributed by atoms with Crippen LogP contribution in [0, 0.1) is 6.07 Å². The Morgan fingerprint density at radius 1 is 0.737 bits per heavy atom. The van der Waals surface area contributed by atoms with Gasteiger partial charge in [0.05, 0.1) is 25.3 Å². The molecule has 6 nitrogen and oxygen atoms in total. The van der Waals surface area contributed by atoms with Crippen molar-refractivity contribution < 1.29 is 45.9 Å². The van der Waals surface area contributed by atoms with Crippen molar-refractivity contribution in [3.8, 4) is 0 Å². The maximum Gasteiger partial charge on any atom is 2.00 e. The summed E-state index contributed by atoms with van der Waals surface area (Å²) in [5, 5.41) is 10.2. The monoisotopic (exact) mass is 586 g/mol.